The van der Waals surface area contributed by atoms with Gasteiger partial charge in [0.2, 0.25) is 0 Å². The highest BCUT2D eigenvalue weighted by Gasteiger charge is 2.28. The maximum atomic E-state index is 3.72. The molecule has 0 saturated carbocycles. The molecule has 0 aromatic rings. The van der Waals surface area contributed by atoms with Crippen molar-refractivity contribution in [2.75, 3.05) is 19.6 Å². The Kier molecular flexibility index (Phi) is 6.37. The van der Waals surface area contributed by atoms with E-state index in [9.17, 15) is 0 Å². The van der Waals surface area contributed by atoms with Gasteiger partial charge in [-0.2, -0.15) is 0 Å². The second kappa shape index (κ2) is 7.29. The first-order valence-corrected chi connectivity index (χ1v) is 7.20. The van der Waals surface area contributed by atoms with Crippen LogP contribution >= 0.6 is 0 Å². The average molecular weight is 226 g/mol. The Morgan fingerprint density at radius 1 is 1.31 bits per heavy atom. The summed E-state index contributed by atoms with van der Waals surface area (Å²) in [6.07, 6.45) is 5.18. The van der Waals surface area contributed by atoms with Crippen molar-refractivity contribution >= 4 is 0 Å². The van der Waals surface area contributed by atoms with E-state index in [-0.39, 0.29) is 0 Å². The number of hydrogen-bond donors (Lipinski definition) is 1. The maximum Gasteiger partial charge on any atom is 0.0120 e. The van der Waals surface area contributed by atoms with E-state index in [1.807, 2.05) is 0 Å². The molecule has 1 fully saturated rings. The van der Waals surface area contributed by atoms with Crippen molar-refractivity contribution in [3.8, 4) is 0 Å². The largest absolute Gasteiger partial charge is 0.314 e. The lowest BCUT2D eigenvalue weighted by molar-refractivity contribution is 0.0992. The molecule has 0 spiro atoms. The molecule has 0 aromatic heterocycles. The molecule has 1 heterocycles. The lowest BCUT2D eigenvalue weighted by atomic mass is 9.89. The molecule has 0 radical (unpaired) electrons. The molecule has 2 nitrogen and oxygen atoms in total. The second-order valence-corrected chi connectivity index (χ2v) is 5.27. The molecule has 1 N–H and O–H groups in total. The number of nitrogens with one attached hydrogen (secondary N) is 1. The van der Waals surface area contributed by atoms with Gasteiger partial charge in [-0.05, 0) is 45.2 Å². The molecule has 0 aliphatic carbocycles. The summed E-state index contributed by atoms with van der Waals surface area (Å²) < 4.78 is 0. The summed E-state index contributed by atoms with van der Waals surface area (Å²) in [6.45, 7) is 13.0. The molecule has 3 atom stereocenters. The molecule has 0 amide bonds. The highest BCUT2D eigenvalue weighted by Crippen LogP contribution is 2.22. The number of hydrogen-bond acceptors (Lipinski definition) is 2. The first kappa shape index (κ1) is 14.0. The fourth-order valence-corrected chi connectivity index (χ4v) is 2.73. The highest BCUT2D eigenvalue weighted by atomic mass is 15.2. The second-order valence-electron chi connectivity index (χ2n) is 5.27. The van der Waals surface area contributed by atoms with E-state index >= 15 is 0 Å². The van der Waals surface area contributed by atoms with Crippen LogP contribution in [0.2, 0.25) is 0 Å². The van der Waals surface area contributed by atoms with Crippen LogP contribution in [0.1, 0.15) is 53.4 Å². The van der Waals surface area contributed by atoms with Gasteiger partial charge in [0.25, 0.3) is 0 Å². The topological polar surface area (TPSA) is 15.3 Å². The fourth-order valence-electron chi connectivity index (χ4n) is 2.73. The zero-order chi connectivity index (χ0) is 12.0. The summed E-state index contributed by atoms with van der Waals surface area (Å²) in [5.41, 5.74) is 0. The maximum absolute atomic E-state index is 3.72. The summed E-state index contributed by atoms with van der Waals surface area (Å²) in [6, 6.07) is 1.53. The summed E-state index contributed by atoms with van der Waals surface area (Å²) in [7, 11) is 0. The molecule has 1 rings (SSSR count). The van der Waals surface area contributed by atoms with Gasteiger partial charge in [0, 0.05) is 18.6 Å². The monoisotopic (exact) mass is 226 g/mol. The third-order valence-electron chi connectivity index (χ3n) is 4.16. The van der Waals surface area contributed by atoms with Crippen LogP contribution in [0.3, 0.4) is 0 Å². The van der Waals surface area contributed by atoms with Crippen LogP contribution in [-0.4, -0.2) is 36.6 Å². The Hall–Kier alpha value is -0.0800. The fraction of sp³-hybridized carbons (Fsp3) is 1.00. The summed E-state index contributed by atoms with van der Waals surface area (Å²) in [5.74, 6) is 0.856. The van der Waals surface area contributed by atoms with Crippen molar-refractivity contribution < 1.29 is 0 Å². The van der Waals surface area contributed by atoms with Gasteiger partial charge >= 0.3 is 0 Å². The Bertz CT molecular complexity index is 182. The van der Waals surface area contributed by atoms with Crippen LogP contribution in [-0.2, 0) is 0 Å². The Balaban J connectivity index is 2.43. The molecule has 1 saturated heterocycles. The number of nitrogens with zero attached hydrogens (tertiary/aromatic N) is 1. The normalized spacial score (nSPS) is 29.2. The highest BCUT2D eigenvalue weighted by molar-refractivity contribution is 4.86. The van der Waals surface area contributed by atoms with Gasteiger partial charge in [0.15, 0.2) is 0 Å². The summed E-state index contributed by atoms with van der Waals surface area (Å²) >= 11 is 0. The predicted octanol–water partition coefficient (Wildman–Crippen LogP) is 2.89. The minimum atomic E-state index is 0.765. The molecule has 3 unspecified atom stereocenters. The van der Waals surface area contributed by atoms with E-state index in [1.54, 1.807) is 0 Å². The van der Waals surface area contributed by atoms with E-state index in [4.69, 9.17) is 0 Å². The number of piperidine rings is 1. The molecular weight excluding hydrogens is 196 g/mol. The minimum absolute atomic E-state index is 0.765. The molecule has 1 aliphatic heterocycles. The quantitative estimate of drug-likeness (QED) is 0.749. The van der Waals surface area contributed by atoms with Gasteiger partial charge in [0.05, 0.1) is 0 Å². The first-order chi connectivity index (χ1) is 7.72. The van der Waals surface area contributed by atoms with E-state index < -0.39 is 0 Å². The standard InChI is InChI=1S/C14H30N2/c1-5-9-15-14-8-10-16(12(4)6-2)11-13(14)7-3/h12-15H,5-11H2,1-4H3. The zero-order valence-corrected chi connectivity index (χ0v) is 11.6. The van der Waals surface area contributed by atoms with Gasteiger partial charge in [-0.1, -0.05) is 27.2 Å². The van der Waals surface area contributed by atoms with Crippen molar-refractivity contribution in [1.29, 1.82) is 0 Å². The van der Waals surface area contributed by atoms with Crippen LogP contribution in [0.4, 0.5) is 0 Å². The summed E-state index contributed by atoms with van der Waals surface area (Å²) in [4.78, 5) is 2.68. The van der Waals surface area contributed by atoms with Gasteiger partial charge in [0.1, 0.15) is 0 Å². The smallest absolute Gasteiger partial charge is 0.0120 e. The Labute approximate surface area is 102 Å². The molecule has 96 valence electrons. The number of likely N-dealkylation sites (tertiary alicyclic amines) is 1. The molecule has 0 bridgehead atoms. The molecular formula is C14H30N2. The lowest BCUT2D eigenvalue weighted by Crippen LogP contribution is -2.51. The van der Waals surface area contributed by atoms with Crippen LogP contribution in [0, 0.1) is 5.92 Å². The van der Waals surface area contributed by atoms with Crippen molar-refractivity contribution in [2.24, 2.45) is 5.92 Å². The Morgan fingerprint density at radius 2 is 2.06 bits per heavy atom. The van der Waals surface area contributed by atoms with Gasteiger partial charge in [-0.15, -0.1) is 0 Å². The van der Waals surface area contributed by atoms with E-state index in [2.05, 4.69) is 37.9 Å². The first-order valence-electron chi connectivity index (χ1n) is 7.20. The van der Waals surface area contributed by atoms with Crippen molar-refractivity contribution in [2.45, 2.75) is 65.5 Å². The third kappa shape index (κ3) is 3.74. The van der Waals surface area contributed by atoms with Gasteiger partial charge in [-0.3, -0.25) is 0 Å². The van der Waals surface area contributed by atoms with E-state index in [0.29, 0.717) is 0 Å². The molecule has 2 heteroatoms. The summed E-state index contributed by atoms with van der Waals surface area (Å²) in [5, 5.41) is 3.72. The molecule has 1 aliphatic rings. The van der Waals surface area contributed by atoms with Gasteiger partial charge in [-0.25, -0.2) is 0 Å². The van der Waals surface area contributed by atoms with Crippen LogP contribution in [0.25, 0.3) is 0 Å². The number of rotatable bonds is 6. The van der Waals surface area contributed by atoms with Crippen molar-refractivity contribution in [1.82, 2.24) is 10.2 Å². The van der Waals surface area contributed by atoms with Crippen LogP contribution in [0.15, 0.2) is 0 Å². The SMILES string of the molecule is CCCNC1CCN(C(C)CC)CC1CC. The lowest BCUT2D eigenvalue weighted by Gasteiger charge is -2.41. The molecule has 0 aromatic carbocycles. The third-order valence-corrected chi connectivity index (χ3v) is 4.16. The van der Waals surface area contributed by atoms with Crippen LogP contribution in [0.5, 0.6) is 0 Å². The van der Waals surface area contributed by atoms with Crippen molar-refractivity contribution in [3.63, 3.8) is 0 Å². The molecule has 16 heavy (non-hydrogen) atoms. The minimum Gasteiger partial charge on any atom is -0.314 e. The van der Waals surface area contributed by atoms with E-state index in [1.165, 1.54) is 45.3 Å². The van der Waals surface area contributed by atoms with Gasteiger partial charge < -0.3 is 10.2 Å². The average Bonchev–Trinajstić information content (AvgIpc) is 2.35. The Morgan fingerprint density at radius 3 is 2.62 bits per heavy atom. The zero-order valence-electron chi connectivity index (χ0n) is 11.6. The predicted molar refractivity (Wildman–Crippen MR) is 71.8 cm³/mol. The van der Waals surface area contributed by atoms with Crippen LogP contribution < -0.4 is 5.32 Å². The van der Waals surface area contributed by atoms with E-state index in [0.717, 1.165) is 18.0 Å². The van der Waals surface area contributed by atoms with Crippen molar-refractivity contribution in [3.05, 3.63) is 0 Å².